The van der Waals surface area contributed by atoms with Crippen molar-refractivity contribution in [3.8, 4) is 0 Å². The third-order valence-electron chi connectivity index (χ3n) is 2.26. The molecule has 1 aromatic heterocycles. The zero-order chi connectivity index (χ0) is 11.8. The van der Waals surface area contributed by atoms with Gasteiger partial charge in [-0.25, -0.2) is 18.1 Å². The Labute approximate surface area is 99.3 Å². The Kier molecular flexibility index (Phi) is 3.05. The van der Waals surface area contributed by atoms with Crippen LogP contribution in [0.5, 0.6) is 0 Å². The van der Waals surface area contributed by atoms with Gasteiger partial charge in [-0.15, -0.1) is 0 Å². The van der Waals surface area contributed by atoms with Crippen LogP contribution in [0.15, 0.2) is 17.2 Å². The van der Waals surface area contributed by atoms with Crippen molar-refractivity contribution in [1.29, 1.82) is 0 Å². The van der Waals surface area contributed by atoms with Crippen LogP contribution in [0.1, 0.15) is 12.8 Å². The smallest absolute Gasteiger partial charge is 0.242 e. The largest absolute Gasteiger partial charge is 0.372 e. The molecule has 1 fully saturated rings. The monoisotopic (exact) mass is 261 g/mol. The molecule has 2 N–H and O–H groups in total. The van der Waals surface area contributed by atoms with Gasteiger partial charge in [-0.3, -0.25) is 0 Å². The maximum Gasteiger partial charge on any atom is 0.242 e. The van der Waals surface area contributed by atoms with Crippen LogP contribution in [0.25, 0.3) is 0 Å². The molecule has 88 valence electrons. The fourth-order valence-electron chi connectivity index (χ4n) is 1.24. The van der Waals surface area contributed by atoms with E-state index in [4.69, 9.17) is 11.6 Å². The summed E-state index contributed by atoms with van der Waals surface area (Å²) in [5.41, 5.74) is 0. The second-order valence-corrected chi connectivity index (χ2v) is 5.77. The van der Waals surface area contributed by atoms with Crippen LogP contribution in [-0.4, -0.2) is 26.5 Å². The average Bonchev–Trinajstić information content (AvgIpc) is 3.01. The van der Waals surface area contributed by atoms with Gasteiger partial charge in [0.25, 0.3) is 0 Å². The molecule has 1 heterocycles. The van der Waals surface area contributed by atoms with Gasteiger partial charge in [-0.05, 0) is 18.9 Å². The summed E-state index contributed by atoms with van der Waals surface area (Å²) < 4.78 is 26.2. The van der Waals surface area contributed by atoms with E-state index in [-0.39, 0.29) is 10.9 Å². The van der Waals surface area contributed by atoms with Crippen LogP contribution in [0.4, 0.5) is 5.82 Å². The van der Waals surface area contributed by atoms with E-state index in [1.807, 2.05) is 0 Å². The first-order chi connectivity index (χ1) is 7.53. The SMILES string of the molecule is CNc1ncc(S(=O)(=O)NC2CC2)cc1Cl. The zero-order valence-electron chi connectivity index (χ0n) is 8.70. The molecule has 0 amide bonds. The van der Waals surface area contributed by atoms with Gasteiger partial charge in [0.2, 0.25) is 10.0 Å². The molecule has 7 heteroatoms. The molecule has 5 nitrogen and oxygen atoms in total. The number of halogens is 1. The number of hydrogen-bond acceptors (Lipinski definition) is 4. The summed E-state index contributed by atoms with van der Waals surface area (Å²) in [6.45, 7) is 0. The van der Waals surface area contributed by atoms with Gasteiger partial charge in [0, 0.05) is 19.3 Å². The Bertz CT molecular complexity index is 499. The number of hydrogen-bond donors (Lipinski definition) is 2. The highest BCUT2D eigenvalue weighted by molar-refractivity contribution is 7.89. The van der Waals surface area contributed by atoms with Crippen molar-refractivity contribution in [3.63, 3.8) is 0 Å². The number of nitrogens with one attached hydrogen (secondary N) is 2. The van der Waals surface area contributed by atoms with Gasteiger partial charge >= 0.3 is 0 Å². The van der Waals surface area contributed by atoms with E-state index in [1.54, 1.807) is 7.05 Å². The van der Waals surface area contributed by atoms with E-state index in [1.165, 1.54) is 12.3 Å². The first kappa shape index (κ1) is 11.6. The van der Waals surface area contributed by atoms with Crippen molar-refractivity contribution in [3.05, 3.63) is 17.3 Å². The van der Waals surface area contributed by atoms with E-state index in [0.717, 1.165) is 12.8 Å². The highest BCUT2D eigenvalue weighted by Gasteiger charge is 2.28. The summed E-state index contributed by atoms with van der Waals surface area (Å²) in [5, 5.41) is 3.06. The Balaban J connectivity index is 2.29. The van der Waals surface area contributed by atoms with Gasteiger partial charge in [0.15, 0.2) is 0 Å². The predicted octanol–water partition coefficient (Wildman–Crippen LogP) is 1.22. The summed E-state index contributed by atoms with van der Waals surface area (Å²) >= 11 is 5.87. The molecule has 1 aliphatic rings. The molecular formula is C9H12ClN3O2S. The summed E-state index contributed by atoms with van der Waals surface area (Å²) in [5.74, 6) is 0.465. The molecular weight excluding hydrogens is 250 g/mol. The molecule has 0 atom stereocenters. The zero-order valence-corrected chi connectivity index (χ0v) is 10.3. The standard InChI is InChI=1S/C9H12ClN3O2S/c1-11-9-8(10)4-7(5-12-9)16(14,15)13-6-2-3-6/h4-6,13H,2-3H2,1H3,(H,11,12). The molecule has 0 radical (unpaired) electrons. The second-order valence-electron chi connectivity index (χ2n) is 3.65. The first-order valence-electron chi connectivity index (χ1n) is 4.88. The van der Waals surface area contributed by atoms with E-state index < -0.39 is 10.0 Å². The van der Waals surface area contributed by atoms with Crippen LogP contribution in [0.2, 0.25) is 5.02 Å². The molecule has 0 aromatic carbocycles. The van der Waals surface area contributed by atoms with Crippen molar-refractivity contribution in [2.45, 2.75) is 23.8 Å². The third-order valence-corrected chi connectivity index (χ3v) is 4.04. The average molecular weight is 262 g/mol. The lowest BCUT2D eigenvalue weighted by Gasteiger charge is -2.07. The lowest BCUT2D eigenvalue weighted by atomic mass is 10.4. The molecule has 16 heavy (non-hydrogen) atoms. The first-order valence-corrected chi connectivity index (χ1v) is 6.74. The number of nitrogens with zero attached hydrogens (tertiary/aromatic N) is 1. The molecule has 1 saturated carbocycles. The maximum absolute atomic E-state index is 11.8. The summed E-state index contributed by atoms with van der Waals surface area (Å²) in [4.78, 5) is 4.03. The topological polar surface area (TPSA) is 71.1 Å². The maximum atomic E-state index is 11.8. The van der Waals surface area contributed by atoms with E-state index in [0.29, 0.717) is 10.8 Å². The van der Waals surface area contributed by atoms with E-state index >= 15 is 0 Å². The lowest BCUT2D eigenvalue weighted by Crippen LogP contribution is -2.25. The van der Waals surface area contributed by atoms with Crippen molar-refractivity contribution in [2.75, 3.05) is 12.4 Å². The lowest BCUT2D eigenvalue weighted by molar-refractivity contribution is 0.580. The molecule has 0 saturated heterocycles. The quantitative estimate of drug-likeness (QED) is 0.855. The molecule has 0 unspecified atom stereocenters. The van der Waals surface area contributed by atoms with Crippen LogP contribution >= 0.6 is 11.6 Å². The predicted molar refractivity (Wildman–Crippen MR) is 62.1 cm³/mol. The Morgan fingerprint density at radius 1 is 1.50 bits per heavy atom. The fraction of sp³-hybridized carbons (Fsp3) is 0.444. The molecule has 0 aliphatic heterocycles. The van der Waals surface area contributed by atoms with Crippen LogP contribution in [0, 0.1) is 0 Å². The number of anilines is 1. The molecule has 0 spiro atoms. The number of aromatic nitrogens is 1. The van der Waals surface area contributed by atoms with Gasteiger partial charge in [0.05, 0.1) is 5.02 Å². The van der Waals surface area contributed by atoms with Gasteiger partial charge in [-0.2, -0.15) is 0 Å². The van der Waals surface area contributed by atoms with Crippen LogP contribution in [-0.2, 0) is 10.0 Å². The number of rotatable bonds is 4. The fourth-order valence-corrected chi connectivity index (χ4v) is 2.84. The Morgan fingerprint density at radius 2 is 2.19 bits per heavy atom. The molecule has 0 bridgehead atoms. The van der Waals surface area contributed by atoms with Gasteiger partial charge in [-0.1, -0.05) is 11.6 Å². The Hall–Kier alpha value is -0.850. The summed E-state index contributed by atoms with van der Waals surface area (Å²) in [6.07, 6.45) is 3.09. The molecule has 2 rings (SSSR count). The van der Waals surface area contributed by atoms with Crippen molar-refractivity contribution in [2.24, 2.45) is 0 Å². The van der Waals surface area contributed by atoms with Crippen LogP contribution < -0.4 is 10.0 Å². The van der Waals surface area contributed by atoms with Crippen LogP contribution in [0.3, 0.4) is 0 Å². The number of sulfonamides is 1. The van der Waals surface area contributed by atoms with Gasteiger partial charge < -0.3 is 5.32 Å². The van der Waals surface area contributed by atoms with E-state index in [2.05, 4.69) is 15.0 Å². The minimum Gasteiger partial charge on any atom is -0.372 e. The third kappa shape index (κ3) is 2.45. The van der Waals surface area contributed by atoms with E-state index in [9.17, 15) is 8.42 Å². The number of pyridine rings is 1. The highest BCUT2D eigenvalue weighted by Crippen LogP contribution is 2.25. The summed E-state index contributed by atoms with van der Waals surface area (Å²) in [6, 6.07) is 1.47. The second kappa shape index (κ2) is 4.20. The van der Waals surface area contributed by atoms with Crippen molar-refractivity contribution >= 4 is 27.4 Å². The minimum absolute atomic E-state index is 0.0766. The Morgan fingerprint density at radius 3 is 2.69 bits per heavy atom. The van der Waals surface area contributed by atoms with Gasteiger partial charge in [0.1, 0.15) is 10.7 Å². The minimum atomic E-state index is -3.47. The molecule has 1 aromatic rings. The molecule has 1 aliphatic carbocycles. The van der Waals surface area contributed by atoms with Crippen molar-refractivity contribution in [1.82, 2.24) is 9.71 Å². The normalized spacial score (nSPS) is 16.1. The van der Waals surface area contributed by atoms with Crippen molar-refractivity contribution < 1.29 is 8.42 Å². The summed E-state index contributed by atoms with van der Waals surface area (Å²) in [7, 11) is -1.80. The highest BCUT2D eigenvalue weighted by atomic mass is 35.5.